The molecule has 15 nitrogen and oxygen atoms in total. The van der Waals surface area contributed by atoms with Crippen molar-refractivity contribution in [2.45, 2.75) is 117 Å². The lowest BCUT2D eigenvalue weighted by Gasteiger charge is -2.48. The van der Waals surface area contributed by atoms with Gasteiger partial charge in [-0.15, -0.1) is 0 Å². The summed E-state index contributed by atoms with van der Waals surface area (Å²) in [5.74, 6) is -7.54. The first-order valence-electron chi connectivity index (χ1n) is 16.9. The molecule has 2 aliphatic heterocycles. The number of ether oxygens (including phenoxy) is 7. The summed E-state index contributed by atoms with van der Waals surface area (Å²) in [5.41, 5.74) is -2.84. The first-order valence-corrected chi connectivity index (χ1v) is 16.9. The molecule has 1 amide bonds. The van der Waals surface area contributed by atoms with Crippen molar-refractivity contribution in [3.63, 3.8) is 0 Å². The average Bonchev–Trinajstić information content (AvgIpc) is 3.62. The summed E-state index contributed by atoms with van der Waals surface area (Å²) in [4.78, 5) is 91.6. The fourth-order valence-electron chi connectivity index (χ4n) is 7.91. The Bertz CT molecular complexity index is 1390. The van der Waals surface area contributed by atoms with E-state index in [9.17, 15) is 33.6 Å². The number of carbonyl (C=O) groups excluding carboxylic acids is 7. The van der Waals surface area contributed by atoms with Crippen LogP contribution < -0.4 is 0 Å². The van der Waals surface area contributed by atoms with Crippen LogP contribution in [0.5, 0.6) is 0 Å². The van der Waals surface area contributed by atoms with Crippen LogP contribution in [0.4, 0.5) is 0 Å². The number of carbonyl (C=O) groups is 7. The SMILES string of the molecule is CCOC(=O)CCCN1C(=O)C2=CC(OC(=O)C(OC(C)=O)C(CC(=O)OCC)C(=O)OCC)C3C(C)(C)CCCC34OC24C1OC(C)=O. The summed E-state index contributed by atoms with van der Waals surface area (Å²) in [6, 6.07) is 0. The Morgan fingerprint density at radius 2 is 1.55 bits per heavy atom. The van der Waals surface area contributed by atoms with Crippen LogP contribution in [0.15, 0.2) is 11.6 Å². The fourth-order valence-corrected chi connectivity index (χ4v) is 7.91. The van der Waals surface area contributed by atoms with Crippen molar-refractivity contribution < 1.29 is 66.7 Å². The average molecular weight is 694 g/mol. The molecule has 1 saturated carbocycles. The number of hydrogen-bond acceptors (Lipinski definition) is 14. The second-order valence-electron chi connectivity index (χ2n) is 13.3. The van der Waals surface area contributed by atoms with Gasteiger partial charge in [-0.25, -0.2) is 4.79 Å². The number of likely N-dealkylation sites (tertiary alicyclic amines) is 1. The highest BCUT2D eigenvalue weighted by Gasteiger charge is 2.88. The summed E-state index contributed by atoms with van der Waals surface area (Å²) >= 11 is 0. The van der Waals surface area contributed by atoms with Gasteiger partial charge in [-0.3, -0.25) is 28.8 Å². The van der Waals surface area contributed by atoms with Gasteiger partial charge >= 0.3 is 35.8 Å². The Balaban J connectivity index is 1.74. The molecule has 2 spiro atoms. The van der Waals surface area contributed by atoms with Crippen molar-refractivity contribution >= 4 is 41.7 Å². The number of hydrogen-bond donors (Lipinski definition) is 0. The summed E-state index contributed by atoms with van der Waals surface area (Å²) in [6.45, 7) is 11.2. The van der Waals surface area contributed by atoms with Gasteiger partial charge in [0.25, 0.3) is 5.91 Å². The van der Waals surface area contributed by atoms with Gasteiger partial charge in [0.2, 0.25) is 12.3 Å². The van der Waals surface area contributed by atoms with Crippen molar-refractivity contribution in [1.29, 1.82) is 0 Å². The number of amides is 1. The van der Waals surface area contributed by atoms with Gasteiger partial charge in [0.15, 0.2) is 5.60 Å². The van der Waals surface area contributed by atoms with Crippen LogP contribution in [-0.4, -0.2) is 103 Å². The molecule has 0 radical (unpaired) electrons. The second kappa shape index (κ2) is 14.9. The van der Waals surface area contributed by atoms with E-state index in [1.165, 1.54) is 17.9 Å². The van der Waals surface area contributed by atoms with E-state index >= 15 is 0 Å². The highest BCUT2D eigenvalue weighted by molar-refractivity contribution is 6.01. The van der Waals surface area contributed by atoms with E-state index in [0.717, 1.165) is 6.92 Å². The van der Waals surface area contributed by atoms with Gasteiger partial charge < -0.3 is 38.1 Å². The van der Waals surface area contributed by atoms with Gasteiger partial charge in [-0.2, -0.15) is 0 Å². The molecule has 3 fully saturated rings. The lowest BCUT2D eigenvalue weighted by Crippen LogP contribution is -2.57. The van der Waals surface area contributed by atoms with E-state index in [1.807, 2.05) is 13.8 Å². The molecule has 7 unspecified atom stereocenters. The minimum absolute atomic E-state index is 0.00943. The Morgan fingerprint density at radius 3 is 2.16 bits per heavy atom. The van der Waals surface area contributed by atoms with Crippen molar-refractivity contribution in [1.82, 2.24) is 4.90 Å². The largest absolute Gasteiger partial charge is 0.466 e. The van der Waals surface area contributed by atoms with Gasteiger partial charge in [0.1, 0.15) is 17.6 Å². The predicted octanol–water partition coefficient (Wildman–Crippen LogP) is 2.31. The minimum atomic E-state index is -1.87. The quantitative estimate of drug-likeness (QED) is 0.138. The third-order valence-electron chi connectivity index (χ3n) is 9.61. The van der Waals surface area contributed by atoms with Crippen molar-refractivity contribution in [3.05, 3.63) is 11.6 Å². The van der Waals surface area contributed by atoms with Crippen LogP contribution in [-0.2, 0) is 66.7 Å². The first-order chi connectivity index (χ1) is 23.1. The number of epoxide rings is 1. The highest BCUT2D eigenvalue weighted by Crippen LogP contribution is 2.73. The molecule has 4 rings (SSSR count). The lowest BCUT2D eigenvalue weighted by molar-refractivity contribution is -0.184. The molecule has 0 N–H and O–H groups in total. The predicted molar refractivity (Wildman–Crippen MR) is 166 cm³/mol. The Hall–Kier alpha value is -4.01. The van der Waals surface area contributed by atoms with Crippen molar-refractivity contribution in [2.75, 3.05) is 26.4 Å². The van der Waals surface area contributed by atoms with E-state index in [-0.39, 0.29) is 44.8 Å². The normalized spacial score (nSPS) is 28.7. The van der Waals surface area contributed by atoms with Gasteiger partial charge in [-0.05, 0) is 57.9 Å². The molecule has 2 heterocycles. The maximum absolute atomic E-state index is 14.1. The fraction of sp³-hybridized carbons (Fsp3) is 0.735. The first kappa shape index (κ1) is 37.8. The molecular formula is C34H47NO14. The molecule has 0 aromatic carbocycles. The summed E-state index contributed by atoms with van der Waals surface area (Å²) in [6.07, 6.45) is -1.15. The molecule has 49 heavy (non-hydrogen) atoms. The standard InChI is InChI=1S/C34H47NO14/c1-8-43-24(38)13-11-16-35-28(40)22-18-23(27-32(6,7)14-12-15-33(27)34(22,49-33)31(35)47-20(5)37)48-30(42)26(46-19(4)36)21(29(41)45-10-3)17-25(39)44-9-2/h18,21,23,26-27,31H,8-17H2,1-7H3. The zero-order valence-corrected chi connectivity index (χ0v) is 29.2. The van der Waals surface area contributed by atoms with Crippen molar-refractivity contribution in [3.8, 4) is 0 Å². The van der Waals surface area contributed by atoms with Gasteiger partial charge in [0, 0.05) is 32.7 Å². The number of esters is 6. The zero-order valence-electron chi connectivity index (χ0n) is 29.2. The topological polar surface area (TPSA) is 191 Å². The molecule has 272 valence electrons. The van der Waals surface area contributed by atoms with Gasteiger partial charge in [0.05, 0.1) is 31.8 Å². The molecule has 0 bridgehead atoms. The molecule has 15 heteroatoms. The summed E-state index contributed by atoms with van der Waals surface area (Å²) in [7, 11) is 0. The van der Waals surface area contributed by atoms with Crippen LogP contribution >= 0.6 is 0 Å². The van der Waals surface area contributed by atoms with E-state index in [2.05, 4.69) is 0 Å². The van der Waals surface area contributed by atoms with E-state index in [1.54, 1.807) is 20.8 Å². The van der Waals surface area contributed by atoms with Crippen LogP contribution in [0.25, 0.3) is 0 Å². The molecule has 7 atom stereocenters. The molecule has 0 aromatic heterocycles. The molecule has 0 aromatic rings. The zero-order chi connectivity index (χ0) is 36.3. The van der Waals surface area contributed by atoms with Crippen molar-refractivity contribution in [2.24, 2.45) is 17.3 Å². The highest BCUT2D eigenvalue weighted by atomic mass is 16.7. The van der Waals surface area contributed by atoms with Crippen LogP contribution in [0.2, 0.25) is 0 Å². The number of nitrogens with zero attached hydrogens (tertiary/aromatic N) is 1. The third-order valence-corrected chi connectivity index (χ3v) is 9.61. The third kappa shape index (κ3) is 7.17. The van der Waals surface area contributed by atoms with Crippen LogP contribution in [0, 0.1) is 17.3 Å². The van der Waals surface area contributed by atoms with E-state index in [0.29, 0.717) is 19.3 Å². The molecule has 4 aliphatic rings. The molecule has 2 saturated heterocycles. The second-order valence-corrected chi connectivity index (χ2v) is 13.3. The summed E-state index contributed by atoms with van der Waals surface area (Å²) in [5, 5.41) is 0. The molecule has 2 aliphatic carbocycles. The maximum atomic E-state index is 14.1. The van der Waals surface area contributed by atoms with E-state index < -0.39 is 95.0 Å². The van der Waals surface area contributed by atoms with Crippen LogP contribution in [0.1, 0.15) is 87.0 Å². The monoisotopic (exact) mass is 693 g/mol. The minimum Gasteiger partial charge on any atom is -0.466 e. The van der Waals surface area contributed by atoms with E-state index in [4.69, 9.17) is 33.2 Å². The number of rotatable bonds is 15. The lowest BCUT2D eigenvalue weighted by atomic mass is 9.55. The Labute approximate surface area is 285 Å². The van der Waals surface area contributed by atoms with Crippen LogP contribution in [0.3, 0.4) is 0 Å². The Kier molecular flexibility index (Phi) is 11.5. The summed E-state index contributed by atoms with van der Waals surface area (Å²) < 4.78 is 38.9. The molecular weight excluding hydrogens is 646 g/mol. The Morgan fingerprint density at radius 1 is 0.898 bits per heavy atom. The maximum Gasteiger partial charge on any atom is 0.349 e. The van der Waals surface area contributed by atoms with Gasteiger partial charge in [-0.1, -0.05) is 13.8 Å². The smallest absolute Gasteiger partial charge is 0.349 e.